The minimum Gasteiger partial charge on any atom is -0.384 e. The number of carbonyl (C=O) groups is 1. The summed E-state index contributed by atoms with van der Waals surface area (Å²) in [5.41, 5.74) is 5.82. The third kappa shape index (κ3) is 3.07. The number of carbonyl (C=O) groups excluding carboxylic acids is 1. The molecule has 9 heteroatoms. The fourth-order valence-electron chi connectivity index (χ4n) is 1.62. The van der Waals surface area contributed by atoms with Gasteiger partial charge in [-0.05, 0) is 6.07 Å². The number of hydrogen-bond donors (Lipinski definition) is 3. The third-order valence-electron chi connectivity index (χ3n) is 2.58. The molecule has 2 aromatic heterocycles. The molecule has 0 fully saturated rings. The van der Waals surface area contributed by atoms with Crippen LogP contribution in [-0.2, 0) is 6.42 Å². The molecule has 9 nitrogen and oxygen atoms in total. The Labute approximate surface area is 113 Å². The summed E-state index contributed by atoms with van der Waals surface area (Å²) in [6, 6.07) is 1.18. The van der Waals surface area contributed by atoms with Gasteiger partial charge in [-0.2, -0.15) is 0 Å². The van der Waals surface area contributed by atoms with Crippen molar-refractivity contribution in [3.05, 3.63) is 46.2 Å². The van der Waals surface area contributed by atoms with Gasteiger partial charge in [-0.25, -0.2) is 9.97 Å². The molecule has 0 aliphatic heterocycles. The molecule has 0 aliphatic carbocycles. The second-order valence-corrected chi connectivity index (χ2v) is 3.97. The zero-order valence-corrected chi connectivity index (χ0v) is 10.4. The van der Waals surface area contributed by atoms with E-state index in [1.165, 1.54) is 12.4 Å². The molecule has 0 saturated carbocycles. The van der Waals surface area contributed by atoms with Gasteiger partial charge in [0.25, 0.3) is 11.6 Å². The molecule has 2 aromatic rings. The molecule has 1 amide bonds. The van der Waals surface area contributed by atoms with Crippen LogP contribution in [0.3, 0.4) is 0 Å². The van der Waals surface area contributed by atoms with E-state index in [0.29, 0.717) is 13.0 Å². The number of nitrogens with one attached hydrogen (secondary N) is 2. The second kappa shape index (κ2) is 5.78. The Bertz CT molecular complexity index is 625. The minimum absolute atomic E-state index is 0.0503. The Kier molecular flexibility index (Phi) is 3.89. The van der Waals surface area contributed by atoms with Gasteiger partial charge in [0.2, 0.25) is 0 Å². The predicted octanol–water partition coefficient (Wildman–Crippen LogP) is 0.268. The van der Waals surface area contributed by atoms with Crippen molar-refractivity contribution in [2.45, 2.75) is 6.42 Å². The average molecular weight is 276 g/mol. The van der Waals surface area contributed by atoms with Crippen molar-refractivity contribution in [1.29, 1.82) is 0 Å². The summed E-state index contributed by atoms with van der Waals surface area (Å²) in [7, 11) is 0. The molecule has 0 spiro atoms. The summed E-state index contributed by atoms with van der Waals surface area (Å²) < 4.78 is 0. The van der Waals surface area contributed by atoms with Crippen LogP contribution in [0.5, 0.6) is 0 Å². The van der Waals surface area contributed by atoms with E-state index in [9.17, 15) is 14.9 Å². The summed E-state index contributed by atoms with van der Waals surface area (Å²) >= 11 is 0. The number of nitro groups is 1. The zero-order chi connectivity index (χ0) is 14.5. The van der Waals surface area contributed by atoms with Gasteiger partial charge >= 0.3 is 0 Å². The fourth-order valence-corrected chi connectivity index (χ4v) is 1.62. The number of anilines is 1. The Morgan fingerprint density at radius 3 is 2.95 bits per heavy atom. The molecule has 0 radical (unpaired) electrons. The van der Waals surface area contributed by atoms with Gasteiger partial charge < -0.3 is 16.0 Å². The number of nitrogens with zero attached hydrogens (tertiary/aromatic N) is 3. The number of aromatic amines is 1. The highest BCUT2D eigenvalue weighted by atomic mass is 16.6. The normalized spacial score (nSPS) is 10.2. The first kappa shape index (κ1) is 13.5. The van der Waals surface area contributed by atoms with Crippen molar-refractivity contribution in [2.75, 3.05) is 12.3 Å². The average Bonchev–Trinajstić information content (AvgIpc) is 2.91. The van der Waals surface area contributed by atoms with Crippen LogP contribution in [0.25, 0.3) is 0 Å². The largest absolute Gasteiger partial charge is 0.384 e. The maximum absolute atomic E-state index is 11.9. The van der Waals surface area contributed by atoms with Crippen molar-refractivity contribution in [2.24, 2.45) is 0 Å². The second-order valence-electron chi connectivity index (χ2n) is 3.97. The summed E-state index contributed by atoms with van der Waals surface area (Å²) in [6.45, 7) is 0.320. The molecule has 0 atom stereocenters. The Balaban J connectivity index is 2.05. The lowest BCUT2D eigenvalue weighted by atomic mass is 10.2. The van der Waals surface area contributed by atoms with Crippen LogP contribution in [0.2, 0.25) is 0 Å². The first-order chi connectivity index (χ1) is 9.58. The molecule has 0 unspecified atom stereocenters. The topological polar surface area (TPSA) is 140 Å². The summed E-state index contributed by atoms with van der Waals surface area (Å²) in [5, 5.41) is 13.4. The highest BCUT2D eigenvalue weighted by Gasteiger charge is 2.20. The van der Waals surface area contributed by atoms with E-state index in [0.717, 1.165) is 11.9 Å². The quantitative estimate of drug-likeness (QED) is 0.528. The van der Waals surface area contributed by atoms with E-state index in [-0.39, 0.29) is 17.1 Å². The molecule has 104 valence electrons. The number of rotatable bonds is 5. The molecule has 4 N–H and O–H groups in total. The highest BCUT2D eigenvalue weighted by molar-refractivity contribution is 5.98. The van der Waals surface area contributed by atoms with Crippen molar-refractivity contribution in [3.8, 4) is 0 Å². The van der Waals surface area contributed by atoms with Gasteiger partial charge in [0.05, 0.1) is 11.3 Å². The monoisotopic (exact) mass is 276 g/mol. The molecule has 0 saturated heterocycles. The van der Waals surface area contributed by atoms with Gasteiger partial charge in [-0.3, -0.25) is 14.9 Å². The van der Waals surface area contributed by atoms with Crippen molar-refractivity contribution < 1.29 is 9.72 Å². The molecule has 0 bridgehead atoms. The Morgan fingerprint density at radius 2 is 2.30 bits per heavy atom. The summed E-state index contributed by atoms with van der Waals surface area (Å²) in [4.78, 5) is 32.4. The van der Waals surface area contributed by atoms with E-state index in [1.807, 2.05) is 0 Å². The fraction of sp³-hybridized carbons (Fsp3) is 0.182. The number of imidazole rings is 1. The van der Waals surface area contributed by atoms with Crippen molar-refractivity contribution >= 4 is 17.4 Å². The van der Waals surface area contributed by atoms with E-state index < -0.39 is 10.8 Å². The van der Waals surface area contributed by atoms with Gasteiger partial charge in [0, 0.05) is 24.9 Å². The van der Waals surface area contributed by atoms with Crippen LogP contribution < -0.4 is 11.1 Å². The summed E-state index contributed by atoms with van der Waals surface area (Å²) in [6.07, 6.45) is 4.68. The third-order valence-corrected chi connectivity index (χ3v) is 2.58. The molecule has 0 aliphatic rings. The molecule has 20 heavy (non-hydrogen) atoms. The maximum atomic E-state index is 11.9. The van der Waals surface area contributed by atoms with Crippen LogP contribution >= 0.6 is 0 Å². The lowest BCUT2D eigenvalue weighted by Crippen LogP contribution is -2.26. The lowest BCUT2D eigenvalue weighted by molar-refractivity contribution is -0.385. The number of hydrogen-bond acceptors (Lipinski definition) is 6. The van der Waals surface area contributed by atoms with E-state index in [2.05, 4.69) is 20.3 Å². The van der Waals surface area contributed by atoms with E-state index in [4.69, 9.17) is 5.73 Å². The number of nitrogen functional groups attached to an aromatic ring is 1. The number of nitrogens with two attached hydrogens (primary N) is 1. The molecular formula is C11H12N6O3. The Hall–Kier alpha value is -2.97. The minimum atomic E-state index is -0.670. The standard InChI is InChI=1S/C11H12N6O3/c12-10-3-8(9(5-15-10)17(19)20)11(18)14-2-1-7-4-13-6-16-7/h3-6H,1-2H2,(H2,12,15)(H,13,16)(H,14,18). The first-order valence-corrected chi connectivity index (χ1v) is 5.73. The first-order valence-electron chi connectivity index (χ1n) is 5.73. The van der Waals surface area contributed by atoms with Crippen LogP contribution in [0, 0.1) is 10.1 Å². The number of H-pyrrole nitrogens is 1. The van der Waals surface area contributed by atoms with Gasteiger partial charge in [-0.1, -0.05) is 0 Å². The SMILES string of the molecule is Nc1cc(C(=O)NCCc2cnc[nH]2)c([N+](=O)[O-])cn1. The van der Waals surface area contributed by atoms with Crippen molar-refractivity contribution in [3.63, 3.8) is 0 Å². The van der Waals surface area contributed by atoms with Crippen LogP contribution in [0.1, 0.15) is 16.1 Å². The molecular weight excluding hydrogens is 264 g/mol. The number of pyridine rings is 1. The Morgan fingerprint density at radius 1 is 1.50 bits per heavy atom. The van der Waals surface area contributed by atoms with Crippen LogP contribution in [-0.4, -0.2) is 32.3 Å². The maximum Gasteiger partial charge on any atom is 0.300 e. The van der Waals surface area contributed by atoms with E-state index in [1.54, 1.807) is 6.20 Å². The number of amides is 1. The zero-order valence-electron chi connectivity index (χ0n) is 10.4. The van der Waals surface area contributed by atoms with Gasteiger partial charge in [0.15, 0.2) is 0 Å². The van der Waals surface area contributed by atoms with Gasteiger partial charge in [0.1, 0.15) is 17.6 Å². The van der Waals surface area contributed by atoms with E-state index >= 15 is 0 Å². The number of aromatic nitrogens is 3. The molecule has 2 rings (SSSR count). The van der Waals surface area contributed by atoms with Crippen LogP contribution in [0.4, 0.5) is 11.5 Å². The smallest absolute Gasteiger partial charge is 0.300 e. The van der Waals surface area contributed by atoms with Crippen molar-refractivity contribution in [1.82, 2.24) is 20.3 Å². The molecule has 0 aromatic carbocycles. The lowest BCUT2D eigenvalue weighted by Gasteiger charge is -2.05. The predicted molar refractivity (Wildman–Crippen MR) is 69.9 cm³/mol. The van der Waals surface area contributed by atoms with Crippen LogP contribution in [0.15, 0.2) is 24.8 Å². The summed E-state index contributed by atoms with van der Waals surface area (Å²) in [5.74, 6) is -0.514. The molecule has 2 heterocycles. The van der Waals surface area contributed by atoms with Gasteiger partial charge in [-0.15, -0.1) is 0 Å². The highest BCUT2D eigenvalue weighted by Crippen LogP contribution is 2.18.